The molecule has 5 rings (SSSR count). The zero-order valence-electron chi connectivity index (χ0n) is 34.9. The van der Waals surface area contributed by atoms with Crippen LogP contribution < -0.4 is 25.8 Å². The maximum absolute atomic E-state index is 14.1. The van der Waals surface area contributed by atoms with Gasteiger partial charge >= 0.3 is 6.09 Å². The van der Waals surface area contributed by atoms with E-state index in [0.29, 0.717) is 29.4 Å². The molecule has 5 N–H and O–H groups in total. The number of thiazole rings is 1. The van der Waals surface area contributed by atoms with Gasteiger partial charge in [-0.3, -0.25) is 14.4 Å². The number of benzene rings is 2. The minimum Gasteiger partial charge on any atom is -0.490 e. The second-order valence-electron chi connectivity index (χ2n) is 16.2. The topological polar surface area (TPSA) is 208 Å². The fourth-order valence-corrected chi connectivity index (χ4v) is 7.93. The van der Waals surface area contributed by atoms with Crippen LogP contribution in [0.25, 0.3) is 10.4 Å². The number of ether oxygens (including phenoxy) is 3. The van der Waals surface area contributed by atoms with Gasteiger partial charge in [-0.2, -0.15) is 0 Å². The largest absolute Gasteiger partial charge is 0.490 e. The van der Waals surface area contributed by atoms with Crippen LogP contribution in [0.4, 0.5) is 4.79 Å². The molecule has 0 unspecified atom stereocenters. The van der Waals surface area contributed by atoms with Crippen molar-refractivity contribution in [3.05, 3.63) is 81.6 Å². The van der Waals surface area contributed by atoms with Gasteiger partial charge in [0.05, 0.1) is 39.9 Å². The number of hydrogen-bond donors (Lipinski definition) is 4. The van der Waals surface area contributed by atoms with Gasteiger partial charge in [0.15, 0.2) is 5.76 Å². The molecule has 0 aliphatic carbocycles. The van der Waals surface area contributed by atoms with Crippen LogP contribution >= 0.6 is 22.9 Å². The van der Waals surface area contributed by atoms with Crippen molar-refractivity contribution in [1.82, 2.24) is 25.7 Å². The molecule has 0 bridgehead atoms. The molecule has 4 aromatic rings. The van der Waals surface area contributed by atoms with E-state index in [9.17, 15) is 24.3 Å². The molecule has 1 fully saturated rings. The standard InChI is InChI=1S/C43H55ClN6O9S/c1-25(2)37(41(54)50-22-31(51)19-32(50)40(53)46-21-27-12-14-29(15-13-27)39-26(3)47-24-60-39)34-20-36(49-59-34)56-18-8-10-28-9-7-11-33(38(28)44)57-23-30(16-17-35(45)52)48-42(55)58-43(4,5)6/h7,9,11-15,20,24-25,30-32,37,51H,8,10,16-19,21-23H2,1-6H3,(H2,45,52)(H,46,53)(H,48,55)/t30-,31+,32-,37-/m0/s1. The SMILES string of the molecule is Cc1ncsc1-c1ccc(CNC(=O)[C@@H]2C[C@@H](O)CN2C(=O)[C@H](c2cc(OCCCc3cccc(OC[C@H](CCC(N)=O)NC(=O)OC(C)(C)C)c3Cl)no2)C(C)C)cc1. The van der Waals surface area contributed by atoms with Gasteiger partial charge in [0.25, 0.3) is 5.88 Å². The Morgan fingerprint density at radius 3 is 2.53 bits per heavy atom. The summed E-state index contributed by atoms with van der Waals surface area (Å²) in [6.45, 7) is 11.6. The van der Waals surface area contributed by atoms with Gasteiger partial charge in [0.1, 0.15) is 29.9 Å². The second-order valence-corrected chi connectivity index (χ2v) is 17.4. The van der Waals surface area contributed by atoms with Crippen molar-refractivity contribution >= 4 is 46.8 Å². The number of halogens is 1. The van der Waals surface area contributed by atoms with Crippen LogP contribution in [0.3, 0.4) is 0 Å². The number of nitrogens with zero attached hydrogens (tertiary/aromatic N) is 3. The number of aryl methyl sites for hydroxylation is 2. The molecule has 0 radical (unpaired) electrons. The number of carbonyl (C=O) groups is 4. The molecule has 324 valence electrons. The van der Waals surface area contributed by atoms with Crippen molar-refractivity contribution in [3.8, 4) is 22.1 Å². The normalized spacial score (nSPS) is 16.3. The van der Waals surface area contributed by atoms with Gasteiger partial charge in [-0.25, -0.2) is 9.78 Å². The summed E-state index contributed by atoms with van der Waals surface area (Å²) in [6.07, 6.45) is 0.0314. The maximum atomic E-state index is 14.1. The molecule has 15 nitrogen and oxygen atoms in total. The van der Waals surface area contributed by atoms with E-state index in [4.69, 9.17) is 36.1 Å². The van der Waals surface area contributed by atoms with Crippen molar-refractivity contribution < 1.29 is 43.0 Å². The van der Waals surface area contributed by atoms with E-state index in [2.05, 4.69) is 20.8 Å². The number of aliphatic hydroxyl groups excluding tert-OH is 1. The fourth-order valence-electron chi connectivity index (χ4n) is 6.84. The highest BCUT2D eigenvalue weighted by atomic mass is 35.5. The smallest absolute Gasteiger partial charge is 0.407 e. The zero-order chi connectivity index (χ0) is 43.6. The molecule has 2 aromatic carbocycles. The summed E-state index contributed by atoms with van der Waals surface area (Å²) in [4.78, 5) is 58.2. The summed E-state index contributed by atoms with van der Waals surface area (Å²) in [5.74, 6) is -1.26. The van der Waals surface area contributed by atoms with Gasteiger partial charge in [-0.1, -0.05) is 61.8 Å². The van der Waals surface area contributed by atoms with Crippen LogP contribution in [0.5, 0.6) is 11.6 Å². The summed E-state index contributed by atoms with van der Waals surface area (Å²) in [7, 11) is 0. The third kappa shape index (κ3) is 12.9. The number of alkyl carbamates (subject to hydrolysis) is 1. The number of hydrogen-bond acceptors (Lipinski definition) is 12. The Kier molecular flexibility index (Phi) is 16.0. The first-order valence-electron chi connectivity index (χ1n) is 20.0. The van der Waals surface area contributed by atoms with Crippen molar-refractivity contribution in [3.63, 3.8) is 0 Å². The molecule has 60 heavy (non-hydrogen) atoms. The molecule has 3 heterocycles. The van der Waals surface area contributed by atoms with Crippen LogP contribution in [-0.2, 0) is 32.1 Å². The number of aromatic nitrogens is 2. The monoisotopic (exact) mass is 866 g/mol. The van der Waals surface area contributed by atoms with Gasteiger partial charge < -0.3 is 45.1 Å². The average Bonchev–Trinajstić information content (AvgIpc) is 3.93. The average molecular weight is 867 g/mol. The lowest BCUT2D eigenvalue weighted by Crippen LogP contribution is -2.48. The molecule has 2 aromatic heterocycles. The molecule has 4 atom stereocenters. The van der Waals surface area contributed by atoms with Crippen molar-refractivity contribution in [2.45, 2.75) is 110 Å². The van der Waals surface area contributed by atoms with Crippen LogP contribution in [0.2, 0.25) is 5.02 Å². The Morgan fingerprint density at radius 1 is 1.12 bits per heavy atom. The van der Waals surface area contributed by atoms with E-state index < -0.39 is 41.7 Å². The Hall–Kier alpha value is -5.19. The Balaban J connectivity index is 1.13. The van der Waals surface area contributed by atoms with E-state index in [1.807, 2.05) is 62.7 Å². The Morgan fingerprint density at radius 2 is 1.87 bits per heavy atom. The first-order valence-corrected chi connectivity index (χ1v) is 21.3. The van der Waals surface area contributed by atoms with E-state index in [0.717, 1.165) is 27.3 Å². The van der Waals surface area contributed by atoms with Crippen LogP contribution in [0.1, 0.15) is 88.8 Å². The Bertz CT molecular complexity index is 2080. The van der Waals surface area contributed by atoms with E-state index in [-0.39, 0.29) is 69.2 Å². The number of primary amides is 1. The summed E-state index contributed by atoms with van der Waals surface area (Å²) in [6, 6.07) is 13.5. The number of carbonyl (C=O) groups excluding carboxylic acids is 4. The third-order valence-corrected chi connectivity index (χ3v) is 11.2. The molecular formula is C43H55ClN6O9S. The van der Waals surface area contributed by atoms with Gasteiger partial charge in [0, 0.05) is 32.0 Å². The van der Waals surface area contributed by atoms with Gasteiger partial charge in [0.2, 0.25) is 17.7 Å². The first-order chi connectivity index (χ1) is 28.5. The number of nitrogens with one attached hydrogen (secondary N) is 2. The third-order valence-electron chi connectivity index (χ3n) is 9.82. The van der Waals surface area contributed by atoms with Crippen molar-refractivity contribution in [2.24, 2.45) is 11.7 Å². The van der Waals surface area contributed by atoms with Crippen LogP contribution in [-0.4, -0.2) is 87.5 Å². The number of rotatable bonds is 19. The molecule has 1 saturated heterocycles. The number of nitrogens with two attached hydrogens (primary N) is 1. The predicted molar refractivity (Wildman–Crippen MR) is 227 cm³/mol. The van der Waals surface area contributed by atoms with Gasteiger partial charge in [-0.05, 0) is 80.8 Å². The maximum Gasteiger partial charge on any atom is 0.407 e. The fraction of sp³-hybridized carbons (Fsp3) is 0.488. The molecule has 1 aliphatic heterocycles. The highest BCUT2D eigenvalue weighted by molar-refractivity contribution is 7.13. The predicted octanol–water partition coefficient (Wildman–Crippen LogP) is 6.33. The zero-order valence-corrected chi connectivity index (χ0v) is 36.4. The summed E-state index contributed by atoms with van der Waals surface area (Å²) < 4.78 is 22.8. The minimum atomic E-state index is -0.848. The quantitative estimate of drug-likeness (QED) is 0.0766. The molecule has 4 amide bonds. The Labute approximate surface area is 359 Å². The lowest BCUT2D eigenvalue weighted by molar-refractivity contribution is -0.141. The van der Waals surface area contributed by atoms with Crippen molar-refractivity contribution in [2.75, 3.05) is 19.8 Å². The van der Waals surface area contributed by atoms with Gasteiger partial charge in [-0.15, -0.1) is 11.3 Å². The lowest BCUT2D eigenvalue weighted by atomic mass is 9.91. The minimum absolute atomic E-state index is 0.0220. The molecule has 0 saturated carbocycles. The molecule has 1 aliphatic rings. The number of likely N-dealkylation sites (tertiary alicyclic amines) is 1. The van der Waals surface area contributed by atoms with Crippen LogP contribution in [0, 0.1) is 12.8 Å². The summed E-state index contributed by atoms with van der Waals surface area (Å²) in [5.41, 5.74) is 10.2. The van der Waals surface area contributed by atoms with E-state index in [1.54, 1.807) is 44.2 Å². The molecular weight excluding hydrogens is 812 g/mol. The first kappa shape index (κ1) is 45.9. The number of aliphatic hydroxyl groups is 1. The summed E-state index contributed by atoms with van der Waals surface area (Å²) >= 11 is 8.29. The van der Waals surface area contributed by atoms with E-state index >= 15 is 0 Å². The number of amides is 4. The summed E-state index contributed by atoms with van der Waals surface area (Å²) in [5, 5.41) is 20.7. The highest BCUT2D eigenvalue weighted by Gasteiger charge is 2.43. The highest BCUT2D eigenvalue weighted by Crippen LogP contribution is 2.33. The molecule has 17 heteroatoms. The van der Waals surface area contributed by atoms with E-state index in [1.165, 1.54) is 4.90 Å². The second kappa shape index (κ2) is 20.9. The van der Waals surface area contributed by atoms with Crippen molar-refractivity contribution in [1.29, 1.82) is 0 Å². The number of β-amino-alcohol motifs (C(OH)–C–C–N with tert-alkyl or cyclic N) is 1. The van der Waals surface area contributed by atoms with Crippen LogP contribution in [0.15, 0.2) is 58.6 Å². The molecule has 0 spiro atoms. The lowest BCUT2D eigenvalue weighted by Gasteiger charge is -2.28.